The summed E-state index contributed by atoms with van der Waals surface area (Å²) in [5.74, 6) is -1.10. The van der Waals surface area contributed by atoms with Crippen LogP contribution in [0.1, 0.15) is 10.4 Å². The number of amides is 2. The Bertz CT molecular complexity index is 1440. The number of sulfone groups is 1. The number of hydrogen-bond donors (Lipinski definition) is 2. The van der Waals surface area contributed by atoms with Gasteiger partial charge in [-0.05, 0) is 42.5 Å². The van der Waals surface area contributed by atoms with E-state index >= 15 is 0 Å². The molecule has 0 spiro atoms. The van der Waals surface area contributed by atoms with Gasteiger partial charge in [0.25, 0.3) is 5.91 Å². The molecule has 1 aromatic heterocycles. The molecule has 0 unspecified atom stereocenters. The van der Waals surface area contributed by atoms with Crippen LogP contribution in [0.4, 0.5) is 5.69 Å². The number of anilines is 1. The van der Waals surface area contributed by atoms with Crippen molar-refractivity contribution in [3.63, 3.8) is 0 Å². The molecule has 0 radical (unpaired) electrons. The van der Waals surface area contributed by atoms with E-state index in [2.05, 4.69) is 5.32 Å². The largest absolute Gasteiger partial charge is 0.366 e. The minimum Gasteiger partial charge on any atom is -0.366 e. The summed E-state index contributed by atoms with van der Waals surface area (Å²) in [6.45, 7) is -0.163. The van der Waals surface area contributed by atoms with Crippen molar-refractivity contribution in [1.82, 2.24) is 4.57 Å². The van der Waals surface area contributed by atoms with Gasteiger partial charge in [0.1, 0.15) is 6.54 Å². The van der Waals surface area contributed by atoms with Gasteiger partial charge >= 0.3 is 0 Å². The molecular formula is C23H18ClN3O4S. The Morgan fingerprint density at radius 3 is 2.31 bits per heavy atom. The quantitative estimate of drug-likeness (QED) is 0.448. The maximum Gasteiger partial charge on any atom is 0.250 e. The van der Waals surface area contributed by atoms with Crippen molar-refractivity contribution >= 4 is 49.8 Å². The lowest BCUT2D eigenvalue weighted by molar-refractivity contribution is -0.116. The second-order valence-electron chi connectivity index (χ2n) is 7.05. The molecule has 9 heteroatoms. The summed E-state index contributed by atoms with van der Waals surface area (Å²) in [5.41, 5.74) is 6.42. The summed E-state index contributed by atoms with van der Waals surface area (Å²) < 4.78 is 28.1. The Labute approximate surface area is 189 Å². The first kappa shape index (κ1) is 21.6. The number of halogens is 1. The molecule has 7 nitrogen and oxygen atoms in total. The molecule has 0 atom stereocenters. The molecule has 0 saturated heterocycles. The number of carbonyl (C=O) groups is 2. The van der Waals surface area contributed by atoms with Crippen LogP contribution < -0.4 is 11.1 Å². The van der Waals surface area contributed by atoms with Crippen molar-refractivity contribution in [1.29, 1.82) is 0 Å². The van der Waals surface area contributed by atoms with Gasteiger partial charge in [0, 0.05) is 22.1 Å². The lowest BCUT2D eigenvalue weighted by Crippen LogP contribution is -2.21. The summed E-state index contributed by atoms with van der Waals surface area (Å²) in [6.07, 6.45) is 1.44. The molecule has 0 bridgehead atoms. The van der Waals surface area contributed by atoms with E-state index in [4.69, 9.17) is 17.3 Å². The van der Waals surface area contributed by atoms with E-state index < -0.39 is 21.7 Å². The number of nitrogens with two attached hydrogens (primary N) is 1. The van der Waals surface area contributed by atoms with Gasteiger partial charge in [-0.25, -0.2) is 8.42 Å². The van der Waals surface area contributed by atoms with Crippen molar-refractivity contribution in [3.05, 3.63) is 89.6 Å². The third-order valence-corrected chi connectivity index (χ3v) is 7.00. The van der Waals surface area contributed by atoms with Crippen LogP contribution in [0.15, 0.2) is 88.8 Å². The van der Waals surface area contributed by atoms with E-state index in [1.165, 1.54) is 36.5 Å². The third-order valence-electron chi connectivity index (χ3n) is 4.95. The average molecular weight is 468 g/mol. The third kappa shape index (κ3) is 4.10. The van der Waals surface area contributed by atoms with Gasteiger partial charge in [-0.2, -0.15) is 0 Å². The Hall–Kier alpha value is -3.62. The van der Waals surface area contributed by atoms with Gasteiger partial charge < -0.3 is 15.6 Å². The summed E-state index contributed by atoms with van der Waals surface area (Å²) in [4.78, 5) is 24.5. The predicted molar refractivity (Wildman–Crippen MR) is 122 cm³/mol. The first-order valence-corrected chi connectivity index (χ1v) is 11.4. The van der Waals surface area contributed by atoms with Crippen LogP contribution in [-0.2, 0) is 21.2 Å². The molecule has 0 aliphatic rings. The number of hydrogen-bond acceptors (Lipinski definition) is 4. The Balaban J connectivity index is 1.70. The molecular weight excluding hydrogens is 450 g/mol. The topological polar surface area (TPSA) is 111 Å². The number of benzene rings is 3. The summed E-state index contributed by atoms with van der Waals surface area (Å²) >= 11 is 5.89. The van der Waals surface area contributed by atoms with Gasteiger partial charge in [0.2, 0.25) is 15.7 Å². The second-order valence-corrected chi connectivity index (χ2v) is 9.41. The molecule has 0 aliphatic heterocycles. The molecule has 0 saturated carbocycles. The Morgan fingerprint density at radius 1 is 0.938 bits per heavy atom. The molecule has 32 heavy (non-hydrogen) atoms. The van der Waals surface area contributed by atoms with Crippen LogP contribution in [-0.4, -0.2) is 24.8 Å². The van der Waals surface area contributed by atoms with Crippen LogP contribution in [0.5, 0.6) is 0 Å². The number of para-hydroxylation sites is 2. The molecule has 4 rings (SSSR count). The highest BCUT2D eigenvalue weighted by Crippen LogP contribution is 2.30. The molecule has 4 aromatic rings. The highest BCUT2D eigenvalue weighted by atomic mass is 35.5. The Morgan fingerprint density at radius 2 is 1.59 bits per heavy atom. The lowest BCUT2D eigenvalue weighted by atomic mass is 10.1. The van der Waals surface area contributed by atoms with Crippen molar-refractivity contribution in [2.45, 2.75) is 16.3 Å². The van der Waals surface area contributed by atoms with Crippen LogP contribution in [0.3, 0.4) is 0 Å². The molecule has 3 aromatic carbocycles. The second kappa shape index (κ2) is 8.49. The molecule has 0 aliphatic carbocycles. The number of rotatable bonds is 6. The molecule has 162 valence electrons. The van der Waals surface area contributed by atoms with E-state index in [9.17, 15) is 18.0 Å². The zero-order chi connectivity index (χ0) is 22.9. The van der Waals surface area contributed by atoms with Crippen molar-refractivity contribution in [2.24, 2.45) is 5.73 Å². The van der Waals surface area contributed by atoms with Gasteiger partial charge in [-0.1, -0.05) is 41.9 Å². The fraction of sp³-hybridized carbons (Fsp3) is 0.0435. The van der Waals surface area contributed by atoms with E-state index in [0.717, 1.165) is 0 Å². The minimum atomic E-state index is -3.85. The highest BCUT2D eigenvalue weighted by molar-refractivity contribution is 7.91. The zero-order valence-electron chi connectivity index (χ0n) is 16.7. The van der Waals surface area contributed by atoms with Crippen molar-refractivity contribution in [3.8, 4) is 0 Å². The number of aromatic nitrogens is 1. The SMILES string of the molecule is NC(=O)c1ccccc1NC(=O)Cn1cc(S(=O)(=O)c2ccc(Cl)cc2)c2ccccc21. The predicted octanol–water partition coefficient (Wildman–Crippen LogP) is 3.87. The smallest absolute Gasteiger partial charge is 0.250 e. The van der Waals surface area contributed by atoms with E-state index in [0.29, 0.717) is 15.9 Å². The summed E-state index contributed by atoms with van der Waals surface area (Å²) in [6, 6.07) is 19.2. The number of nitrogens with zero attached hydrogens (tertiary/aromatic N) is 1. The van der Waals surface area contributed by atoms with Crippen LogP contribution >= 0.6 is 11.6 Å². The number of primary amides is 1. The lowest BCUT2D eigenvalue weighted by Gasteiger charge is -2.10. The fourth-order valence-electron chi connectivity index (χ4n) is 3.45. The maximum atomic E-state index is 13.3. The summed E-state index contributed by atoms with van der Waals surface area (Å²) in [7, 11) is -3.85. The van der Waals surface area contributed by atoms with Crippen LogP contribution in [0.25, 0.3) is 10.9 Å². The van der Waals surface area contributed by atoms with Crippen LogP contribution in [0, 0.1) is 0 Å². The standard InChI is InChI=1S/C23H18ClN3O4S/c24-15-9-11-16(12-10-15)32(30,31)21-13-27(20-8-4-2-6-18(20)21)14-22(28)26-19-7-3-1-5-17(19)23(25)29/h1-13H,14H2,(H2,25,29)(H,26,28). The zero-order valence-corrected chi connectivity index (χ0v) is 18.2. The molecule has 3 N–H and O–H groups in total. The highest BCUT2D eigenvalue weighted by Gasteiger charge is 2.24. The van der Waals surface area contributed by atoms with E-state index in [1.807, 2.05) is 0 Å². The van der Waals surface area contributed by atoms with Gasteiger partial charge in [0.05, 0.1) is 21.0 Å². The minimum absolute atomic E-state index is 0.0840. The first-order chi connectivity index (χ1) is 15.3. The number of fused-ring (bicyclic) bond motifs is 1. The number of carbonyl (C=O) groups excluding carboxylic acids is 2. The van der Waals surface area contributed by atoms with Gasteiger partial charge in [-0.3, -0.25) is 9.59 Å². The van der Waals surface area contributed by atoms with Gasteiger partial charge in [0.15, 0.2) is 0 Å². The normalized spacial score (nSPS) is 11.4. The number of nitrogens with one attached hydrogen (secondary N) is 1. The molecule has 0 fully saturated rings. The van der Waals surface area contributed by atoms with E-state index in [1.54, 1.807) is 47.0 Å². The maximum absolute atomic E-state index is 13.3. The fourth-order valence-corrected chi connectivity index (χ4v) is 5.05. The van der Waals surface area contributed by atoms with E-state index in [-0.39, 0.29) is 27.6 Å². The Kier molecular flexibility index (Phi) is 5.73. The monoisotopic (exact) mass is 467 g/mol. The first-order valence-electron chi connectivity index (χ1n) is 9.54. The molecule has 1 heterocycles. The summed E-state index contributed by atoms with van der Waals surface area (Å²) in [5, 5.41) is 3.59. The van der Waals surface area contributed by atoms with Gasteiger partial charge in [-0.15, -0.1) is 0 Å². The van der Waals surface area contributed by atoms with Crippen molar-refractivity contribution < 1.29 is 18.0 Å². The molecule has 2 amide bonds. The average Bonchev–Trinajstić information content (AvgIpc) is 3.13. The van der Waals surface area contributed by atoms with Crippen LogP contribution in [0.2, 0.25) is 5.02 Å². The van der Waals surface area contributed by atoms with Crippen molar-refractivity contribution in [2.75, 3.05) is 5.32 Å².